The molecule has 0 heterocycles. The van der Waals surface area contributed by atoms with Crippen LogP contribution in [0, 0.1) is 11.6 Å². The number of hydrogen-bond donors (Lipinski definition) is 0. The Morgan fingerprint density at radius 3 is 2.35 bits per heavy atom. The summed E-state index contributed by atoms with van der Waals surface area (Å²) in [7, 11) is 0. The summed E-state index contributed by atoms with van der Waals surface area (Å²) in [6.45, 7) is 0. The first-order chi connectivity index (χ1) is 11.0. The molecule has 0 aliphatic carbocycles. The fourth-order valence-corrected chi connectivity index (χ4v) is 2.46. The maximum absolute atomic E-state index is 13.6. The van der Waals surface area contributed by atoms with Crippen LogP contribution in [-0.4, -0.2) is 5.78 Å². The van der Waals surface area contributed by atoms with Gasteiger partial charge in [-0.3, -0.25) is 4.79 Å². The summed E-state index contributed by atoms with van der Waals surface area (Å²) in [5.74, 6) is -2.44. The van der Waals surface area contributed by atoms with E-state index in [1.54, 1.807) is 24.3 Å². The van der Waals surface area contributed by atoms with Crippen LogP contribution in [-0.2, 0) is 0 Å². The van der Waals surface area contributed by atoms with Gasteiger partial charge >= 0.3 is 0 Å². The van der Waals surface area contributed by atoms with E-state index in [1.807, 2.05) is 0 Å². The zero-order valence-corrected chi connectivity index (χ0v) is 13.5. The molecule has 1 atom stereocenters. The maximum Gasteiger partial charge on any atom is 0.168 e. The Morgan fingerprint density at radius 2 is 1.78 bits per heavy atom. The SMILES string of the molecule is [N-]=[N+]=NC(CCC(=O)c1c(F)cccc1F)c1ccc(Br)cc1. The molecule has 4 nitrogen and oxygen atoms in total. The van der Waals surface area contributed by atoms with Crippen LogP contribution < -0.4 is 0 Å². The van der Waals surface area contributed by atoms with Crippen molar-refractivity contribution in [2.45, 2.75) is 18.9 Å². The molecule has 23 heavy (non-hydrogen) atoms. The van der Waals surface area contributed by atoms with E-state index in [-0.39, 0.29) is 12.8 Å². The quantitative estimate of drug-likeness (QED) is 0.273. The molecule has 0 spiro atoms. The average molecular weight is 380 g/mol. The third kappa shape index (κ3) is 4.37. The van der Waals surface area contributed by atoms with Crippen molar-refractivity contribution < 1.29 is 13.6 Å². The largest absolute Gasteiger partial charge is 0.294 e. The van der Waals surface area contributed by atoms with Gasteiger partial charge in [0.05, 0.1) is 11.6 Å². The van der Waals surface area contributed by atoms with Gasteiger partial charge in [0.1, 0.15) is 11.6 Å². The molecule has 0 bridgehead atoms. The van der Waals surface area contributed by atoms with Gasteiger partial charge in [0.15, 0.2) is 5.78 Å². The molecular formula is C16H12BrF2N3O. The molecule has 0 amide bonds. The van der Waals surface area contributed by atoms with Crippen molar-refractivity contribution in [3.05, 3.63) is 80.1 Å². The summed E-state index contributed by atoms with van der Waals surface area (Å²) >= 11 is 3.30. The molecule has 0 N–H and O–H groups in total. The predicted octanol–water partition coefficient (Wildman–Crippen LogP) is 5.74. The molecular weight excluding hydrogens is 368 g/mol. The molecule has 0 saturated heterocycles. The van der Waals surface area contributed by atoms with E-state index in [0.717, 1.165) is 22.2 Å². The molecule has 0 saturated carbocycles. The van der Waals surface area contributed by atoms with E-state index < -0.39 is 29.0 Å². The predicted molar refractivity (Wildman–Crippen MR) is 86.0 cm³/mol. The Morgan fingerprint density at radius 1 is 1.17 bits per heavy atom. The standard InChI is InChI=1S/C16H12BrF2N3O/c17-11-6-4-10(5-7-11)14(21-22-20)8-9-15(23)16-12(18)2-1-3-13(16)19/h1-7,14H,8-9H2. The van der Waals surface area contributed by atoms with Gasteiger partial charge in [0.25, 0.3) is 0 Å². The smallest absolute Gasteiger partial charge is 0.168 e. The minimum atomic E-state index is -0.890. The number of rotatable bonds is 6. The number of carbonyl (C=O) groups excluding carboxylic acids is 1. The van der Waals surface area contributed by atoms with E-state index in [1.165, 1.54) is 6.07 Å². The Labute approximate surface area is 139 Å². The van der Waals surface area contributed by atoms with Gasteiger partial charge in [-0.1, -0.05) is 39.2 Å². The first-order valence-electron chi connectivity index (χ1n) is 6.80. The lowest BCUT2D eigenvalue weighted by molar-refractivity contribution is 0.0969. The highest BCUT2D eigenvalue weighted by Gasteiger charge is 2.19. The van der Waals surface area contributed by atoms with Crippen LogP contribution in [0.3, 0.4) is 0 Å². The number of Topliss-reactive ketones (excluding diaryl/α,β-unsaturated/α-hetero) is 1. The third-order valence-electron chi connectivity index (χ3n) is 3.33. The zero-order valence-electron chi connectivity index (χ0n) is 11.9. The average Bonchev–Trinajstić information content (AvgIpc) is 2.52. The van der Waals surface area contributed by atoms with E-state index >= 15 is 0 Å². The first-order valence-corrected chi connectivity index (χ1v) is 7.59. The summed E-state index contributed by atoms with van der Waals surface area (Å²) in [6.07, 6.45) is 0.0376. The highest BCUT2D eigenvalue weighted by molar-refractivity contribution is 9.10. The molecule has 118 valence electrons. The maximum atomic E-state index is 13.6. The number of azide groups is 1. The van der Waals surface area contributed by atoms with Crippen LogP contribution in [0.5, 0.6) is 0 Å². The number of halogens is 3. The monoisotopic (exact) mass is 379 g/mol. The Hall–Kier alpha value is -2.24. The fourth-order valence-electron chi connectivity index (χ4n) is 2.20. The van der Waals surface area contributed by atoms with Crippen molar-refractivity contribution in [1.82, 2.24) is 0 Å². The second kappa shape index (κ2) is 7.85. The Bertz CT molecular complexity index is 738. The van der Waals surface area contributed by atoms with Gasteiger partial charge in [-0.2, -0.15) is 0 Å². The van der Waals surface area contributed by atoms with Crippen LogP contribution in [0.4, 0.5) is 8.78 Å². The number of nitrogens with zero attached hydrogens (tertiary/aromatic N) is 3. The third-order valence-corrected chi connectivity index (χ3v) is 3.86. The molecule has 2 rings (SSSR count). The second-order valence-electron chi connectivity index (χ2n) is 4.83. The fraction of sp³-hybridized carbons (Fsp3) is 0.188. The van der Waals surface area contributed by atoms with Crippen molar-refractivity contribution in [3.8, 4) is 0 Å². The molecule has 0 aromatic heterocycles. The molecule has 0 aliphatic rings. The number of hydrogen-bond acceptors (Lipinski definition) is 2. The normalized spacial score (nSPS) is 11.6. The van der Waals surface area contributed by atoms with Gasteiger partial charge in [-0.15, -0.1) is 0 Å². The molecule has 0 aliphatic heterocycles. The van der Waals surface area contributed by atoms with Crippen molar-refractivity contribution >= 4 is 21.7 Å². The molecule has 2 aromatic carbocycles. The summed E-state index contributed by atoms with van der Waals surface area (Å²) < 4.78 is 28.1. The van der Waals surface area contributed by atoms with Gasteiger partial charge in [0, 0.05) is 15.8 Å². The van der Waals surface area contributed by atoms with Crippen molar-refractivity contribution in [2.75, 3.05) is 0 Å². The van der Waals surface area contributed by atoms with Gasteiger partial charge in [0.2, 0.25) is 0 Å². The van der Waals surface area contributed by atoms with Gasteiger partial charge in [-0.05, 0) is 41.8 Å². The van der Waals surface area contributed by atoms with E-state index in [0.29, 0.717) is 0 Å². The molecule has 7 heteroatoms. The van der Waals surface area contributed by atoms with E-state index in [2.05, 4.69) is 26.0 Å². The van der Waals surface area contributed by atoms with E-state index in [9.17, 15) is 13.6 Å². The minimum absolute atomic E-state index is 0.127. The summed E-state index contributed by atoms with van der Waals surface area (Å²) in [4.78, 5) is 14.8. The highest BCUT2D eigenvalue weighted by atomic mass is 79.9. The molecule has 1 unspecified atom stereocenters. The Balaban J connectivity index is 2.14. The number of carbonyl (C=O) groups is 1. The van der Waals surface area contributed by atoms with Crippen LogP contribution in [0.2, 0.25) is 0 Å². The molecule has 2 aromatic rings. The number of ketones is 1. The zero-order chi connectivity index (χ0) is 16.8. The first kappa shape index (κ1) is 17.1. The highest BCUT2D eigenvalue weighted by Crippen LogP contribution is 2.26. The molecule has 0 radical (unpaired) electrons. The molecule has 0 fully saturated rings. The second-order valence-corrected chi connectivity index (χ2v) is 5.75. The lowest BCUT2D eigenvalue weighted by Gasteiger charge is -2.11. The van der Waals surface area contributed by atoms with Crippen molar-refractivity contribution in [3.63, 3.8) is 0 Å². The summed E-state index contributed by atoms with van der Waals surface area (Å²) in [5.41, 5.74) is 8.84. The van der Waals surface area contributed by atoms with Crippen LogP contribution in [0.1, 0.15) is 34.8 Å². The van der Waals surface area contributed by atoms with Crippen LogP contribution in [0.25, 0.3) is 10.4 Å². The van der Waals surface area contributed by atoms with Crippen LogP contribution >= 0.6 is 15.9 Å². The van der Waals surface area contributed by atoms with E-state index in [4.69, 9.17) is 5.53 Å². The summed E-state index contributed by atoms with van der Waals surface area (Å²) in [5, 5.41) is 3.66. The van der Waals surface area contributed by atoms with Gasteiger partial charge < -0.3 is 0 Å². The lowest BCUT2D eigenvalue weighted by Crippen LogP contribution is -2.07. The van der Waals surface area contributed by atoms with Gasteiger partial charge in [-0.25, -0.2) is 8.78 Å². The van der Waals surface area contributed by atoms with Crippen molar-refractivity contribution in [1.29, 1.82) is 0 Å². The minimum Gasteiger partial charge on any atom is -0.294 e. The summed E-state index contributed by atoms with van der Waals surface area (Å²) in [6, 6.07) is 9.79. The topological polar surface area (TPSA) is 65.8 Å². The lowest BCUT2D eigenvalue weighted by atomic mass is 9.98. The number of benzene rings is 2. The van der Waals surface area contributed by atoms with Crippen LogP contribution in [0.15, 0.2) is 52.1 Å². The Kier molecular flexibility index (Phi) is 5.84. The van der Waals surface area contributed by atoms with Crippen molar-refractivity contribution in [2.24, 2.45) is 5.11 Å².